The minimum Gasteiger partial charge on any atom is -0.491 e. The molecule has 27 heavy (non-hydrogen) atoms. The first-order valence-corrected chi connectivity index (χ1v) is 9.46. The largest absolute Gasteiger partial charge is 0.491 e. The highest BCUT2D eigenvalue weighted by Gasteiger charge is 2.29. The summed E-state index contributed by atoms with van der Waals surface area (Å²) in [4.78, 5) is 9.42. The molecule has 148 valence electrons. The SMILES string of the molecule is CO[C@H]1CN(Cc2cnc[nH]2)CCCCc2ccccc2OC[C@@H](O)[C@H]1O. The molecule has 3 N–H and O–H groups in total. The van der Waals surface area contributed by atoms with Crippen molar-refractivity contribution in [2.75, 3.05) is 26.8 Å². The Hall–Kier alpha value is -1.93. The summed E-state index contributed by atoms with van der Waals surface area (Å²) in [6, 6.07) is 7.88. The van der Waals surface area contributed by atoms with Gasteiger partial charge < -0.3 is 24.7 Å². The van der Waals surface area contributed by atoms with Crippen LogP contribution in [0.25, 0.3) is 0 Å². The fourth-order valence-electron chi connectivity index (χ4n) is 3.45. The highest BCUT2D eigenvalue weighted by molar-refractivity contribution is 5.33. The molecule has 2 aromatic rings. The van der Waals surface area contributed by atoms with Crippen LogP contribution >= 0.6 is 0 Å². The van der Waals surface area contributed by atoms with E-state index < -0.39 is 18.3 Å². The number of aliphatic hydroxyl groups excluding tert-OH is 2. The number of nitrogens with one attached hydrogen (secondary N) is 1. The summed E-state index contributed by atoms with van der Waals surface area (Å²) in [5, 5.41) is 21.0. The van der Waals surface area contributed by atoms with Crippen molar-refractivity contribution in [1.82, 2.24) is 14.9 Å². The summed E-state index contributed by atoms with van der Waals surface area (Å²) in [5.74, 6) is 0.770. The van der Waals surface area contributed by atoms with Crippen LogP contribution in [0.4, 0.5) is 0 Å². The van der Waals surface area contributed by atoms with Gasteiger partial charge in [0.05, 0.1) is 12.4 Å². The number of para-hydroxylation sites is 1. The van der Waals surface area contributed by atoms with E-state index in [9.17, 15) is 10.2 Å². The Bertz CT molecular complexity index is 680. The maximum Gasteiger partial charge on any atom is 0.122 e. The first-order valence-electron chi connectivity index (χ1n) is 9.46. The van der Waals surface area contributed by atoms with E-state index in [0.717, 1.165) is 42.8 Å². The Kier molecular flexibility index (Phi) is 7.23. The number of methoxy groups -OCH3 is 1. The average molecular weight is 375 g/mol. The van der Waals surface area contributed by atoms with Crippen LogP contribution in [0.3, 0.4) is 0 Å². The molecule has 0 saturated heterocycles. The van der Waals surface area contributed by atoms with Crippen molar-refractivity contribution >= 4 is 0 Å². The Morgan fingerprint density at radius 3 is 2.93 bits per heavy atom. The van der Waals surface area contributed by atoms with Crippen LogP contribution in [0.1, 0.15) is 24.1 Å². The quantitative estimate of drug-likeness (QED) is 0.751. The molecule has 0 amide bonds. The van der Waals surface area contributed by atoms with E-state index in [1.165, 1.54) is 0 Å². The standard InChI is InChI=1S/C20H29N3O4/c1-26-19-12-23(11-16-10-21-14-22-16)9-5-4-7-15-6-2-3-8-18(15)27-13-17(24)20(19)25/h2-3,6,8,10,14,17,19-20,24-25H,4-5,7,9,11-13H2,1H3,(H,21,22)/t17-,19+,20-/m1/s1. The lowest BCUT2D eigenvalue weighted by Gasteiger charge is -2.31. The lowest BCUT2D eigenvalue weighted by Crippen LogP contribution is -2.47. The van der Waals surface area contributed by atoms with Gasteiger partial charge in [0, 0.05) is 32.1 Å². The van der Waals surface area contributed by atoms with Gasteiger partial charge in [-0.05, 0) is 37.4 Å². The molecule has 1 aliphatic rings. The zero-order chi connectivity index (χ0) is 19.1. The molecular weight excluding hydrogens is 346 g/mol. The van der Waals surface area contributed by atoms with Crippen molar-refractivity contribution < 1.29 is 19.7 Å². The van der Waals surface area contributed by atoms with Gasteiger partial charge in [0.1, 0.15) is 24.6 Å². The number of aliphatic hydroxyl groups is 2. The number of aryl methyl sites for hydroxylation is 1. The number of fused-ring (bicyclic) bond motifs is 1. The molecule has 0 bridgehead atoms. The second-order valence-corrected chi connectivity index (χ2v) is 7.02. The molecule has 1 aromatic heterocycles. The second kappa shape index (κ2) is 9.85. The minimum absolute atomic E-state index is 0.0264. The van der Waals surface area contributed by atoms with Crippen molar-refractivity contribution in [1.29, 1.82) is 0 Å². The fraction of sp³-hybridized carbons (Fsp3) is 0.550. The Balaban J connectivity index is 1.76. The molecule has 2 heterocycles. The molecule has 0 saturated carbocycles. The van der Waals surface area contributed by atoms with E-state index in [2.05, 4.69) is 20.9 Å². The third kappa shape index (κ3) is 5.52. The zero-order valence-corrected chi connectivity index (χ0v) is 15.8. The molecule has 0 fully saturated rings. The molecular formula is C20H29N3O4. The number of benzene rings is 1. The highest BCUT2D eigenvalue weighted by Crippen LogP contribution is 2.22. The summed E-state index contributed by atoms with van der Waals surface area (Å²) in [6.45, 7) is 2.10. The van der Waals surface area contributed by atoms with Gasteiger partial charge >= 0.3 is 0 Å². The molecule has 0 spiro atoms. The van der Waals surface area contributed by atoms with Crippen LogP contribution in [0.15, 0.2) is 36.8 Å². The summed E-state index contributed by atoms with van der Waals surface area (Å²) < 4.78 is 11.3. The molecule has 1 aliphatic heterocycles. The number of hydrogen-bond donors (Lipinski definition) is 3. The number of aromatic nitrogens is 2. The molecule has 7 heteroatoms. The highest BCUT2D eigenvalue weighted by atomic mass is 16.5. The van der Waals surface area contributed by atoms with E-state index in [4.69, 9.17) is 9.47 Å². The number of hydrogen-bond acceptors (Lipinski definition) is 6. The van der Waals surface area contributed by atoms with E-state index in [0.29, 0.717) is 13.1 Å². The first-order chi connectivity index (χ1) is 13.2. The molecule has 0 radical (unpaired) electrons. The van der Waals surface area contributed by atoms with Crippen molar-refractivity contribution in [2.24, 2.45) is 0 Å². The van der Waals surface area contributed by atoms with E-state index in [-0.39, 0.29) is 6.61 Å². The normalized spacial score (nSPS) is 25.5. The van der Waals surface area contributed by atoms with Crippen LogP contribution in [-0.2, 0) is 17.7 Å². The van der Waals surface area contributed by atoms with Gasteiger partial charge in [-0.15, -0.1) is 0 Å². The number of aromatic amines is 1. The van der Waals surface area contributed by atoms with E-state index in [1.807, 2.05) is 18.2 Å². The zero-order valence-electron chi connectivity index (χ0n) is 15.8. The van der Waals surface area contributed by atoms with Crippen LogP contribution in [0.5, 0.6) is 5.75 Å². The summed E-state index contributed by atoms with van der Waals surface area (Å²) in [6.07, 6.45) is 3.85. The summed E-state index contributed by atoms with van der Waals surface area (Å²) >= 11 is 0. The monoisotopic (exact) mass is 375 g/mol. The van der Waals surface area contributed by atoms with Crippen LogP contribution in [-0.4, -0.2) is 70.2 Å². The van der Waals surface area contributed by atoms with Gasteiger partial charge in [-0.2, -0.15) is 0 Å². The van der Waals surface area contributed by atoms with Crippen LogP contribution in [0, 0.1) is 0 Å². The maximum atomic E-state index is 10.6. The molecule has 0 aliphatic carbocycles. The number of nitrogens with zero attached hydrogens (tertiary/aromatic N) is 2. The topological polar surface area (TPSA) is 90.8 Å². The number of ether oxygens (including phenoxy) is 2. The van der Waals surface area contributed by atoms with Crippen LogP contribution < -0.4 is 4.74 Å². The number of H-pyrrole nitrogens is 1. The van der Waals surface area contributed by atoms with Crippen molar-refractivity contribution in [3.8, 4) is 5.75 Å². The van der Waals surface area contributed by atoms with Gasteiger partial charge in [0.15, 0.2) is 0 Å². The predicted molar refractivity (Wildman–Crippen MR) is 102 cm³/mol. The van der Waals surface area contributed by atoms with Gasteiger partial charge in [-0.3, -0.25) is 4.90 Å². The van der Waals surface area contributed by atoms with Gasteiger partial charge in [-0.1, -0.05) is 18.2 Å². The molecule has 3 atom stereocenters. The average Bonchev–Trinajstić information content (AvgIpc) is 3.20. The maximum absolute atomic E-state index is 10.6. The Morgan fingerprint density at radius 1 is 1.30 bits per heavy atom. The second-order valence-electron chi connectivity index (χ2n) is 7.02. The summed E-state index contributed by atoms with van der Waals surface area (Å²) in [5.41, 5.74) is 2.14. The van der Waals surface area contributed by atoms with Gasteiger partial charge in [-0.25, -0.2) is 4.98 Å². The first kappa shape index (κ1) is 19.8. The Labute approximate surface area is 160 Å². The lowest BCUT2D eigenvalue weighted by atomic mass is 10.1. The van der Waals surface area contributed by atoms with Gasteiger partial charge in [0.25, 0.3) is 0 Å². The van der Waals surface area contributed by atoms with Crippen LogP contribution in [0.2, 0.25) is 0 Å². The minimum atomic E-state index is -1.04. The predicted octanol–water partition coefficient (Wildman–Crippen LogP) is 1.36. The van der Waals surface area contributed by atoms with Crippen molar-refractivity contribution in [2.45, 2.75) is 44.1 Å². The Morgan fingerprint density at radius 2 is 2.15 bits per heavy atom. The van der Waals surface area contributed by atoms with Crippen molar-refractivity contribution in [3.05, 3.63) is 48.0 Å². The van der Waals surface area contributed by atoms with Crippen molar-refractivity contribution in [3.63, 3.8) is 0 Å². The third-order valence-corrected chi connectivity index (χ3v) is 5.02. The molecule has 1 aromatic carbocycles. The fourth-order valence-corrected chi connectivity index (χ4v) is 3.45. The number of rotatable bonds is 3. The van der Waals surface area contributed by atoms with E-state index >= 15 is 0 Å². The van der Waals surface area contributed by atoms with Gasteiger partial charge in [0.2, 0.25) is 0 Å². The lowest BCUT2D eigenvalue weighted by molar-refractivity contribution is -0.0956. The smallest absolute Gasteiger partial charge is 0.122 e. The molecule has 7 nitrogen and oxygen atoms in total. The number of imidazole rings is 1. The van der Waals surface area contributed by atoms with E-state index in [1.54, 1.807) is 19.6 Å². The molecule has 0 unspecified atom stereocenters. The molecule has 3 rings (SSSR count). The summed E-state index contributed by atoms with van der Waals surface area (Å²) in [7, 11) is 1.56. The third-order valence-electron chi connectivity index (χ3n) is 5.02.